The molecule has 6 nitrogen and oxygen atoms in total. The van der Waals surface area contributed by atoms with Crippen LogP contribution in [0.15, 0.2) is 30.3 Å². The number of rotatable bonds is 5. The minimum atomic E-state index is -0.530. The van der Waals surface area contributed by atoms with Crippen LogP contribution in [0.1, 0.15) is 53.9 Å². The van der Waals surface area contributed by atoms with E-state index in [2.05, 4.69) is 10.4 Å². The zero-order valence-corrected chi connectivity index (χ0v) is 17.6. The summed E-state index contributed by atoms with van der Waals surface area (Å²) in [7, 11) is 0. The summed E-state index contributed by atoms with van der Waals surface area (Å²) in [5, 5.41) is 8.29. The van der Waals surface area contributed by atoms with Crippen molar-refractivity contribution in [2.45, 2.75) is 51.5 Å². The molecule has 158 valence electrons. The summed E-state index contributed by atoms with van der Waals surface area (Å²) in [5.74, 6) is -1.11. The number of ether oxygens (including phenoxy) is 1. The van der Waals surface area contributed by atoms with Gasteiger partial charge in [-0.05, 0) is 50.1 Å². The van der Waals surface area contributed by atoms with Gasteiger partial charge in [-0.2, -0.15) is 5.10 Å². The van der Waals surface area contributed by atoms with Crippen LogP contribution < -0.4 is 5.32 Å². The van der Waals surface area contributed by atoms with Gasteiger partial charge in [0.15, 0.2) is 6.61 Å². The van der Waals surface area contributed by atoms with Gasteiger partial charge in [-0.15, -0.1) is 11.3 Å². The molecule has 30 heavy (non-hydrogen) atoms. The minimum absolute atomic E-state index is 0.173. The normalized spacial score (nSPS) is 15.1. The summed E-state index contributed by atoms with van der Waals surface area (Å²) in [4.78, 5) is 25.8. The second kappa shape index (κ2) is 8.95. The third-order valence-electron chi connectivity index (χ3n) is 5.37. The topological polar surface area (TPSA) is 73.2 Å². The lowest BCUT2D eigenvalue weighted by atomic mass is 10.1. The van der Waals surface area contributed by atoms with Gasteiger partial charge in [-0.25, -0.2) is 13.9 Å². The Morgan fingerprint density at radius 3 is 2.60 bits per heavy atom. The SMILES string of the molecule is Cc1nn(-c2ccc(F)cc2)c2sc(C(=O)OCC(=O)NC3CCCCCC3)cc12. The number of benzene rings is 1. The van der Waals surface area contributed by atoms with Gasteiger partial charge in [0.05, 0.1) is 11.4 Å². The first-order chi connectivity index (χ1) is 14.5. The summed E-state index contributed by atoms with van der Waals surface area (Å²) in [6.45, 7) is 1.57. The first kappa shape index (κ1) is 20.5. The highest BCUT2D eigenvalue weighted by Gasteiger charge is 2.20. The number of hydrogen-bond donors (Lipinski definition) is 1. The molecule has 1 amide bonds. The molecule has 2 heterocycles. The average molecular weight is 430 g/mol. The number of aromatic nitrogens is 2. The Bertz CT molecular complexity index is 1050. The van der Waals surface area contributed by atoms with E-state index in [0.717, 1.165) is 41.6 Å². The zero-order valence-electron chi connectivity index (χ0n) is 16.8. The zero-order chi connectivity index (χ0) is 21.1. The van der Waals surface area contributed by atoms with Gasteiger partial charge in [0.25, 0.3) is 5.91 Å². The van der Waals surface area contributed by atoms with Crippen molar-refractivity contribution in [2.24, 2.45) is 0 Å². The molecule has 1 fully saturated rings. The van der Waals surface area contributed by atoms with Crippen LogP contribution in [0.4, 0.5) is 4.39 Å². The maximum Gasteiger partial charge on any atom is 0.348 e. The van der Waals surface area contributed by atoms with Crippen LogP contribution in [0, 0.1) is 12.7 Å². The molecule has 1 aliphatic carbocycles. The van der Waals surface area contributed by atoms with Gasteiger partial charge >= 0.3 is 5.97 Å². The minimum Gasteiger partial charge on any atom is -0.451 e. The first-order valence-electron chi connectivity index (χ1n) is 10.2. The molecule has 8 heteroatoms. The number of amides is 1. The highest BCUT2D eigenvalue weighted by Crippen LogP contribution is 2.31. The van der Waals surface area contributed by atoms with E-state index in [-0.39, 0.29) is 24.4 Å². The number of carbonyl (C=O) groups excluding carboxylic acids is 2. The summed E-state index contributed by atoms with van der Waals surface area (Å²) in [6.07, 6.45) is 6.63. The van der Waals surface area contributed by atoms with Crippen LogP contribution in [0.5, 0.6) is 0 Å². The van der Waals surface area contributed by atoms with Gasteiger partial charge in [0.1, 0.15) is 15.5 Å². The number of esters is 1. The van der Waals surface area contributed by atoms with Crippen LogP contribution in [-0.2, 0) is 9.53 Å². The van der Waals surface area contributed by atoms with Crippen LogP contribution in [0.25, 0.3) is 15.9 Å². The van der Waals surface area contributed by atoms with E-state index in [4.69, 9.17) is 4.74 Å². The van der Waals surface area contributed by atoms with Crippen molar-refractivity contribution < 1.29 is 18.7 Å². The van der Waals surface area contributed by atoms with E-state index in [1.54, 1.807) is 22.9 Å². The van der Waals surface area contributed by atoms with Crippen molar-refractivity contribution in [3.05, 3.63) is 46.7 Å². The molecule has 1 N–H and O–H groups in total. The Labute approximate surface area is 178 Å². The lowest BCUT2D eigenvalue weighted by molar-refractivity contribution is -0.125. The summed E-state index contributed by atoms with van der Waals surface area (Å²) in [6, 6.07) is 7.91. The fourth-order valence-electron chi connectivity index (χ4n) is 3.80. The molecule has 0 radical (unpaired) electrons. The number of fused-ring (bicyclic) bond motifs is 1. The third kappa shape index (κ3) is 4.53. The van der Waals surface area contributed by atoms with Crippen LogP contribution in [0.3, 0.4) is 0 Å². The maximum atomic E-state index is 13.2. The molecule has 2 aromatic heterocycles. The fraction of sp³-hybridized carbons (Fsp3) is 0.409. The summed E-state index contributed by atoms with van der Waals surface area (Å²) in [5.41, 5.74) is 1.47. The van der Waals surface area contributed by atoms with Gasteiger partial charge in [-0.1, -0.05) is 25.7 Å². The lowest BCUT2D eigenvalue weighted by Gasteiger charge is -2.15. The Morgan fingerprint density at radius 2 is 1.90 bits per heavy atom. The van der Waals surface area contributed by atoms with Gasteiger partial charge < -0.3 is 10.1 Å². The van der Waals surface area contributed by atoms with E-state index in [1.165, 1.54) is 36.3 Å². The van der Waals surface area contributed by atoms with Gasteiger partial charge in [0, 0.05) is 11.4 Å². The molecular weight excluding hydrogens is 405 g/mol. The molecule has 3 aromatic rings. The van der Waals surface area contributed by atoms with Crippen molar-refractivity contribution in [3.8, 4) is 5.69 Å². The standard InChI is InChI=1S/C22H24FN3O3S/c1-14-18-12-19(30-21(18)26(25-14)17-10-8-15(23)9-11-17)22(28)29-13-20(27)24-16-6-4-2-3-5-7-16/h8-12,16H,2-7,13H2,1H3,(H,24,27). The number of halogens is 1. The van der Waals surface area contributed by atoms with Gasteiger partial charge in [-0.3, -0.25) is 4.79 Å². The number of nitrogens with zero attached hydrogens (tertiary/aromatic N) is 2. The Hall–Kier alpha value is -2.74. The monoisotopic (exact) mass is 429 g/mol. The third-order valence-corrected chi connectivity index (χ3v) is 6.46. The number of thiophene rings is 1. The van der Waals surface area contributed by atoms with Gasteiger partial charge in [0.2, 0.25) is 0 Å². The fourth-order valence-corrected chi connectivity index (χ4v) is 4.88. The van der Waals surface area contributed by atoms with E-state index in [9.17, 15) is 14.0 Å². The molecule has 0 spiro atoms. The maximum absolute atomic E-state index is 13.2. The predicted molar refractivity (Wildman–Crippen MR) is 114 cm³/mol. The molecule has 0 bridgehead atoms. The lowest BCUT2D eigenvalue weighted by Crippen LogP contribution is -2.37. The summed E-state index contributed by atoms with van der Waals surface area (Å²) < 4.78 is 20.2. The molecule has 0 atom stereocenters. The van der Waals surface area contributed by atoms with Crippen LogP contribution in [-0.4, -0.2) is 34.3 Å². The van der Waals surface area contributed by atoms with E-state index in [0.29, 0.717) is 10.6 Å². The highest BCUT2D eigenvalue weighted by molar-refractivity contribution is 7.20. The molecule has 1 aromatic carbocycles. The molecule has 0 unspecified atom stereocenters. The molecular formula is C22H24FN3O3S. The van der Waals surface area contributed by atoms with E-state index in [1.807, 2.05) is 6.92 Å². The average Bonchev–Trinajstić information content (AvgIpc) is 3.19. The highest BCUT2D eigenvalue weighted by atomic mass is 32.1. The van der Waals surface area contributed by atoms with Crippen LogP contribution in [0.2, 0.25) is 0 Å². The first-order valence-corrected chi connectivity index (χ1v) is 11.0. The van der Waals surface area contributed by atoms with Crippen molar-refractivity contribution in [3.63, 3.8) is 0 Å². The Kier molecular flexibility index (Phi) is 6.13. The second-order valence-corrected chi connectivity index (χ2v) is 8.67. The number of hydrogen-bond acceptors (Lipinski definition) is 5. The molecule has 1 aliphatic rings. The predicted octanol–water partition coefficient (Wildman–Crippen LogP) is 4.53. The number of aryl methyl sites for hydroxylation is 1. The Morgan fingerprint density at radius 1 is 1.20 bits per heavy atom. The Balaban J connectivity index is 1.43. The van der Waals surface area contributed by atoms with Crippen LogP contribution >= 0.6 is 11.3 Å². The number of nitrogens with one attached hydrogen (secondary N) is 1. The summed E-state index contributed by atoms with van der Waals surface area (Å²) >= 11 is 1.24. The molecule has 0 saturated heterocycles. The number of carbonyl (C=O) groups is 2. The quantitative estimate of drug-likeness (QED) is 0.478. The van der Waals surface area contributed by atoms with Crippen molar-refractivity contribution in [1.82, 2.24) is 15.1 Å². The van der Waals surface area contributed by atoms with Crippen molar-refractivity contribution in [2.75, 3.05) is 6.61 Å². The molecule has 1 saturated carbocycles. The second-order valence-electron chi connectivity index (χ2n) is 7.64. The van der Waals surface area contributed by atoms with E-state index >= 15 is 0 Å². The largest absolute Gasteiger partial charge is 0.451 e. The molecule has 4 rings (SSSR count). The molecule has 0 aliphatic heterocycles. The van der Waals surface area contributed by atoms with Crippen molar-refractivity contribution in [1.29, 1.82) is 0 Å². The van der Waals surface area contributed by atoms with Crippen molar-refractivity contribution >= 4 is 33.4 Å². The van der Waals surface area contributed by atoms with E-state index < -0.39 is 5.97 Å². The smallest absolute Gasteiger partial charge is 0.348 e.